The molecule has 2 heterocycles. The van der Waals surface area contributed by atoms with Crippen LogP contribution >= 0.6 is 0 Å². The van der Waals surface area contributed by atoms with Crippen LogP contribution in [0.4, 0.5) is 17.6 Å². The zero-order valence-corrected chi connectivity index (χ0v) is 17.2. The van der Waals surface area contributed by atoms with Crippen molar-refractivity contribution in [1.29, 1.82) is 0 Å². The van der Waals surface area contributed by atoms with Gasteiger partial charge in [-0.2, -0.15) is 0 Å². The summed E-state index contributed by atoms with van der Waals surface area (Å²) in [5.74, 6) is -3.78. The van der Waals surface area contributed by atoms with Crippen molar-refractivity contribution in [3.05, 3.63) is 89.0 Å². The van der Waals surface area contributed by atoms with Gasteiger partial charge in [-0.05, 0) is 54.1 Å². The van der Waals surface area contributed by atoms with Crippen molar-refractivity contribution in [2.24, 2.45) is 0 Å². The van der Waals surface area contributed by atoms with Gasteiger partial charge in [0.2, 0.25) is 0 Å². The number of carbonyl (C=O) groups excluding carboxylic acids is 1. The Balaban J connectivity index is 1.78. The minimum atomic E-state index is -5.08. The number of fused-ring (bicyclic) bond motifs is 1. The summed E-state index contributed by atoms with van der Waals surface area (Å²) in [6, 6.07) is 11.2. The molecule has 0 unspecified atom stereocenters. The zero-order valence-electron chi connectivity index (χ0n) is 17.2. The Hall–Kier alpha value is -4.15. The van der Waals surface area contributed by atoms with E-state index in [-0.39, 0.29) is 35.4 Å². The molecule has 1 aliphatic rings. The van der Waals surface area contributed by atoms with Gasteiger partial charge in [-0.3, -0.25) is 9.78 Å². The smallest absolute Gasteiger partial charge is 0.491 e. The van der Waals surface area contributed by atoms with Crippen LogP contribution in [0.2, 0.25) is 0 Å². The number of aromatic nitrogens is 1. The Morgan fingerprint density at radius 2 is 1.79 bits per heavy atom. The number of rotatable bonds is 5. The molecule has 1 atom stereocenters. The Kier molecular flexibility index (Phi) is 5.86. The van der Waals surface area contributed by atoms with E-state index in [1.807, 2.05) is 0 Å². The van der Waals surface area contributed by atoms with Crippen LogP contribution in [0.5, 0.6) is 11.5 Å². The molecular formula is C23H16F4N2O5. The highest BCUT2D eigenvalue weighted by Gasteiger charge is 2.43. The number of nitrogens with zero attached hydrogens (tertiary/aromatic N) is 1. The quantitative estimate of drug-likeness (QED) is 0.534. The highest BCUT2D eigenvalue weighted by molar-refractivity contribution is 5.96. The maximum atomic E-state index is 14.6. The van der Waals surface area contributed by atoms with Gasteiger partial charge in [0, 0.05) is 18.2 Å². The standard InChI is InChI=1S/C23H16F4N2O5/c24-16-12-15(7-8-17(16)34-23(25,26)27)22(9-11-33-18-2-1-10-28-19(18)22)29-20(30)13-3-5-14(6-4-13)21(31)32/h1-8,10,12H,9,11H2,(H,29,30)(H,31,32)/t22-/m0/s1. The average Bonchev–Trinajstić information content (AvgIpc) is 2.79. The number of amides is 1. The molecule has 0 saturated heterocycles. The second-order valence-electron chi connectivity index (χ2n) is 7.38. The Morgan fingerprint density at radius 1 is 1.09 bits per heavy atom. The molecular weight excluding hydrogens is 460 g/mol. The van der Waals surface area contributed by atoms with Gasteiger partial charge in [0.15, 0.2) is 11.6 Å². The predicted octanol–water partition coefficient (Wildman–Crippen LogP) is 4.27. The summed E-state index contributed by atoms with van der Waals surface area (Å²) < 4.78 is 61.7. The zero-order chi connectivity index (χ0) is 24.5. The lowest BCUT2D eigenvalue weighted by molar-refractivity contribution is -0.275. The molecule has 0 saturated carbocycles. The predicted molar refractivity (Wildman–Crippen MR) is 109 cm³/mol. The third-order valence-corrected chi connectivity index (χ3v) is 5.28. The van der Waals surface area contributed by atoms with Gasteiger partial charge in [-0.15, -0.1) is 13.2 Å². The molecule has 176 valence electrons. The molecule has 3 aromatic rings. The molecule has 34 heavy (non-hydrogen) atoms. The number of ether oxygens (including phenoxy) is 2. The first-order valence-corrected chi connectivity index (χ1v) is 9.89. The van der Waals surface area contributed by atoms with Crippen molar-refractivity contribution in [3.63, 3.8) is 0 Å². The maximum absolute atomic E-state index is 14.6. The molecule has 0 spiro atoms. The fraction of sp³-hybridized carbons (Fsp3) is 0.174. The van der Waals surface area contributed by atoms with E-state index in [4.69, 9.17) is 9.84 Å². The van der Waals surface area contributed by atoms with Crippen molar-refractivity contribution in [2.75, 3.05) is 6.61 Å². The summed E-state index contributed by atoms with van der Waals surface area (Å²) in [5, 5.41) is 11.9. The third kappa shape index (κ3) is 4.49. The number of alkyl halides is 3. The largest absolute Gasteiger partial charge is 0.573 e. The average molecular weight is 476 g/mol. The van der Waals surface area contributed by atoms with Crippen LogP contribution < -0.4 is 14.8 Å². The van der Waals surface area contributed by atoms with Crippen molar-refractivity contribution < 1.29 is 41.7 Å². The molecule has 0 radical (unpaired) electrons. The summed E-state index contributed by atoms with van der Waals surface area (Å²) in [5.41, 5.74) is -0.994. The number of carboxylic acids is 1. The molecule has 4 rings (SSSR count). The van der Waals surface area contributed by atoms with Crippen LogP contribution in [-0.4, -0.2) is 34.9 Å². The summed E-state index contributed by atoms with van der Waals surface area (Å²) in [4.78, 5) is 28.5. The molecule has 11 heteroatoms. The van der Waals surface area contributed by atoms with Crippen LogP contribution in [0.3, 0.4) is 0 Å². The van der Waals surface area contributed by atoms with Crippen LogP contribution in [-0.2, 0) is 5.54 Å². The number of hydrogen-bond donors (Lipinski definition) is 2. The maximum Gasteiger partial charge on any atom is 0.573 e. The second-order valence-corrected chi connectivity index (χ2v) is 7.38. The van der Waals surface area contributed by atoms with Gasteiger partial charge in [0.05, 0.1) is 12.2 Å². The van der Waals surface area contributed by atoms with E-state index >= 15 is 0 Å². The van der Waals surface area contributed by atoms with Gasteiger partial charge < -0.3 is 19.9 Å². The number of carbonyl (C=O) groups is 2. The van der Waals surface area contributed by atoms with Crippen molar-refractivity contribution in [3.8, 4) is 11.5 Å². The first kappa shape index (κ1) is 23.0. The molecule has 7 nitrogen and oxygen atoms in total. The summed E-state index contributed by atoms with van der Waals surface area (Å²) >= 11 is 0. The van der Waals surface area contributed by atoms with Gasteiger partial charge in [0.25, 0.3) is 5.91 Å². The molecule has 0 fully saturated rings. The van der Waals surface area contributed by atoms with E-state index in [9.17, 15) is 27.2 Å². The summed E-state index contributed by atoms with van der Waals surface area (Å²) in [6.07, 6.45) is -3.55. The summed E-state index contributed by atoms with van der Waals surface area (Å²) in [7, 11) is 0. The first-order chi connectivity index (χ1) is 16.1. The second kappa shape index (κ2) is 8.65. The molecule has 0 aliphatic carbocycles. The van der Waals surface area contributed by atoms with E-state index in [2.05, 4.69) is 15.0 Å². The van der Waals surface area contributed by atoms with E-state index < -0.39 is 35.3 Å². The van der Waals surface area contributed by atoms with Gasteiger partial charge in [0.1, 0.15) is 17.0 Å². The Labute approximate surface area is 190 Å². The lowest BCUT2D eigenvalue weighted by Crippen LogP contribution is -2.50. The van der Waals surface area contributed by atoms with Crippen LogP contribution in [0.1, 0.15) is 38.4 Å². The third-order valence-electron chi connectivity index (χ3n) is 5.28. The highest BCUT2D eigenvalue weighted by Crippen LogP contribution is 2.42. The minimum absolute atomic E-state index is 0.0216. The lowest BCUT2D eigenvalue weighted by Gasteiger charge is -2.39. The molecule has 1 amide bonds. The topological polar surface area (TPSA) is 97.8 Å². The molecule has 1 aromatic heterocycles. The highest BCUT2D eigenvalue weighted by atomic mass is 19.4. The number of nitrogens with one attached hydrogen (secondary N) is 1. The van der Waals surface area contributed by atoms with Crippen LogP contribution in [0.25, 0.3) is 0 Å². The Bertz CT molecular complexity index is 1250. The molecule has 2 aromatic carbocycles. The SMILES string of the molecule is O=C(O)c1ccc(C(=O)N[C@]2(c3ccc(OC(F)(F)F)c(F)c3)CCOc3cccnc32)cc1. The monoisotopic (exact) mass is 476 g/mol. The van der Waals surface area contributed by atoms with E-state index in [0.717, 1.165) is 12.1 Å². The summed E-state index contributed by atoms with van der Waals surface area (Å²) in [6.45, 7) is 0.0966. The minimum Gasteiger partial charge on any atom is -0.491 e. The van der Waals surface area contributed by atoms with Crippen molar-refractivity contribution >= 4 is 11.9 Å². The number of pyridine rings is 1. The normalized spacial score (nSPS) is 17.3. The molecule has 1 aliphatic heterocycles. The fourth-order valence-corrected chi connectivity index (χ4v) is 3.74. The van der Waals surface area contributed by atoms with Gasteiger partial charge in [-0.1, -0.05) is 6.07 Å². The van der Waals surface area contributed by atoms with Crippen molar-refractivity contribution in [2.45, 2.75) is 18.3 Å². The number of benzene rings is 2. The van der Waals surface area contributed by atoms with Crippen LogP contribution in [0, 0.1) is 5.82 Å². The van der Waals surface area contributed by atoms with Crippen LogP contribution in [0.15, 0.2) is 60.8 Å². The van der Waals surface area contributed by atoms with E-state index in [1.54, 1.807) is 12.1 Å². The van der Waals surface area contributed by atoms with Gasteiger partial charge in [-0.25, -0.2) is 9.18 Å². The van der Waals surface area contributed by atoms with E-state index in [0.29, 0.717) is 5.75 Å². The number of halogens is 4. The first-order valence-electron chi connectivity index (χ1n) is 9.89. The molecule has 0 bridgehead atoms. The van der Waals surface area contributed by atoms with E-state index in [1.165, 1.54) is 36.5 Å². The Morgan fingerprint density at radius 3 is 2.44 bits per heavy atom. The fourth-order valence-electron chi connectivity index (χ4n) is 3.74. The lowest BCUT2D eigenvalue weighted by atomic mass is 9.81. The number of hydrogen-bond acceptors (Lipinski definition) is 5. The molecule has 2 N–H and O–H groups in total. The number of aromatic carboxylic acids is 1. The van der Waals surface area contributed by atoms with Crippen molar-refractivity contribution in [1.82, 2.24) is 10.3 Å². The number of carboxylic acid groups (broad SMARTS) is 1. The van der Waals surface area contributed by atoms with Gasteiger partial charge >= 0.3 is 12.3 Å².